The van der Waals surface area contributed by atoms with E-state index in [1.54, 1.807) is 19.1 Å². The molecule has 286 valence electrons. The first-order chi connectivity index (χ1) is 25.9. The van der Waals surface area contributed by atoms with E-state index in [1.165, 1.54) is 0 Å². The van der Waals surface area contributed by atoms with Gasteiger partial charge in [-0.05, 0) is 50.2 Å². The number of aliphatic hydroxyl groups is 1. The summed E-state index contributed by atoms with van der Waals surface area (Å²) in [5.74, 6) is -0.282. The molecule has 54 heavy (non-hydrogen) atoms. The van der Waals surface area contributed by atoms with Crippen LogP contribution in [-0.2, 0) is 51.2 Å². The van der Waals surface area contributed by atoms with Crippen molar-refractivity contribution >= 4 is 46.5 Å². The summed E-state index contributed by atoms with van der Waals surface area (Å²) < 4.78 is 3.74. The van der Waals surface area contributed by atoms with Crippen LogP contribution in [0.2, 0.25) is 10.0 Å². The summed E-state index contributed by atoms with van der Waals surface area (Å²) in [5.41, 5.74) is 6.13. The first-order valence-corrected chi connectivity index (χ1v) is 19.5. The third-order valence-electron chi connectivity index (χ3n) is 11.3. The van der Waals surface area contributed by atoms with Crippen LogP contribution in [0.3, 0.4) is 0 Å². The zero-order chi connectivity index (χ0) is 38.3. The molecule has 3 aliphatic rings. The summed E-state index contributed by atoms with van der Waals surface area (Å²) in [6.07, 6.45) is 4.43. The summed E-state index contributed by atoms with van der Waals surface area (Å²) in [7, 11) is 3.73. The Labute approximate surface area is 325 Å². The Morgan fingerprint density at radius 2 is 1.44 bits per heavy atom. The number of rotatable bonds is 11. The Kier molecular flexibility index (Phi) is 11.3. The Bertz CT molecular complexity index is 2080. The molecular formula is C40H47Cl2N7O5. The lowest BCUT2D eigenvalue weighted by atomic mass is 9.81. The first-order valence-electron chi connectivity index (χ1n) is 18.7. The predicted molar refractivity (Wildman–Crippen MR) is 207 cm³/mol. The molecule has 1 amide bonds. The van der Waals surface area contributed by atoms with E-state index in [4.69, 9.17) is 33.2 Å². The van der Waals surface area contributed by atoms with Crippen molar-refractivity contribution in [2.24, 2.45) is 25.9 Å². The number of anilines is 1. The summed E-state index contributed by atoms with van der Waals surface area (Å²) in [6.45, 7) is 6.11. The molecule has 7 rings (SSSR count). The van der Waals surface area contributed by atoms with E-state index in [0.29, 0.717) is 69.6 Å². The maximum absolute atomic E-state index is 13.7. The second kappa shape index (κ2) is 16.0. The second-order valence-electron chi connectivity index (χ2n) is 15.2. The molecular weight excluding hydrogens is 729 g/mol. The van der Waals surface area contributed by atoms with Gasteiger partial charge in [0.2, 0.25) is 5.78 Å². The lowest BCUT2D eigenvalue weighted by molar-refractivity contribution is -0.143. The van der Waals surface area contributed by atoms with E-state index in [2.05, 4.69) is 15.1 Å². The maximum atomic E-state index is 13.7. The highest BCUT2D eigenvalue weighted by atomic mass is 35.5. The number of nitrogens with zero attached hydrogens (tertiary/aromatic N) is 6. The minimum absolute atomic E-state index is 0.0505. The molecule has 0 saturated heterocycles. The number of fused-ring (bicyclic) bond motifs is 2. The number of aliphatic carboxylic acids is 1. The van der Waals surface area contributed by atoms with Gasteiger partial charge in [0.1, 0.15) is 0 Å². The van der Waals surface area contributed by atoms with Crippen LogP contribution in [0, 0.1) is 11.8 Å². The minimum Gasteiger partial charge on any atom is -0.481 e. The Morgan fingerprint density at radius 1 is 0.852 bits per heavy atom. The third-order valence-corrected chi connectivity index (χ3v) is 12.2. The second-order valence-corrected chi connectivity index (χ2v) is 15.9. The number of carboxylic acid groups (broad SMARTS) is 1. The average molecular weight is 777 g/mol. The number of carboxylic acids is 1. The van der Waals surface area contributed by atoms with Crippen molar-refractivity contribution in [2.75, 3.05) is 31.5 Å². The average Bonchev–Trinajstić information content (AvgIpc) is 3.65. The highest BCUT2D eigenvalue weighted by Gasteiger charge is 2.31. The van der Waals surface area contributed by atoms with Gasteiger partial charge in [0.15, 0.2) is 11.6 Å². The van der Waals surface area contributed by atoms with Crippen LogP contribution in [0.1, 0.15) is 82.2 Å². The van der Waals surface area contributed by atoms with Crippen molar-refractivity contribution in [2.45, 2.75) is 71.1 Å². The molecule has 1 aliphatic carbocycles. The third kappa shape index (κ3) is 7.85. The highest BCUT2D eigenvalue weighted by Crippen LogP contribution is 2.39. The van der Waals surface area contributed by atoms with Crippen LogP contribution in [0.15, 0.2) is 36.4 Å². The molecule has 14 heteroatoms. The van der Waals surface area contributed by atoms with Crippen LogP contribution in [0.25, 0.3) is 11.1 Å². The molecule has 0 radical (unpaired) electrons. The number of Topliss-reactive ketones (excluding diaryl/α,β-unsaturated/α-hetero) is 1. The molecule has 1 fully saturated rings. The van der Waals surface area contributed by atoms with Gasteiger partial charge in [0.25, 0.3) is 5.91 Å². The quantitative estimate of drug-likeness (QED) is 0.161. The fourth-order valence-corrected chi connectivity index (χ4v) is 9.02. The molecule has 2 aromatic carbocycles. The Hall–Kier alpha value is -4.07. The fourth-order valence-electron chi connectivity index (χ4n) is 8.45. The molecule has 4 aromatic rings. The van der Waals surface area contributed by atoms with Crippen molar-refractivity contribution in [3.05, 3.63) is 86.4 Å². The van der Waals surface area contributed by atoms with E-state index in [9.17, 15) is 24.6 Å². The molecule has 1 atom stereocenters. The number of aliphatic hydroxyl groups excluding tert-OH is 1. The van der Waals surface area contributed by atoms with Gasteiger partial charge < -0.3 is 24.7 Å². The normalized spacial score (nSPS) is 19.6. The first kappa shape index (κ1) is 38.2. The molecule has 0 bridgehead atoms. The van der Waals surface area contributed by atoms with Crippen molar-refractivity contribution in [1.82, 2.24) is 28.9 Å². The molecule has 3 N–H and O–H groups in total. The Morgan fingerprint density at radius 3 is 2.11 bits per heavy atom. The minimum atomic E-state index is -0.687. The topological polar surface area (TPSA) is 146 Å². The van der Waals surface area contributed by atoms with E-state index in [0.717, 1.165) is 80.9 Å². The van der Waals surface area contributed by atoms with Crippen molar-refractivity contribution in [3.63, 3.8) is 0 Å². The van der Waals surface area contributed by atoms with Gasteiger partial charge in [-0.3, -0.25) is 24.2 Å². The van der Waals surface area contributed by atoms with Gasteiger partial charge in [-0.15, -0.1) is 0 Å². The van der Waals surface area contributed by atoms with Crippen LogP contribution < -0.4 is 5.32 Å². The summed E-state index contributed by atoms with van der Waals surface area (Å²) in [4.78, 5) is 52.7. The lowest BCUT2D eigenvalue weighted by Gasteiger charge is -2.33. The standard InChI is InChI=1S/C40H47Cl2N7O5/c1-23(50)19-48-16-14-32-30(21-48)43-37(46(32)2)34(51)18-26-6-4-7-27(35(26)41)28-8-5-9-29(36(28)42)45-39(52)38-44-31-22-49(17-15-33(31)47(38)3)20-24-10-12-25(13-11-24)40(53)54/h4-9,23-25,50H,10-22H2,1-3H3,(H,45,52)(H,53,54)/t23-,24?,25?/m1/s1. The molecule has 4 heterocycles. The Balaban J connectivity index is 1.03. The van der Waals surface area contributed by atoms with Crippen LogP contribution in [0.5, 0.6) is 0 Å². The van der Waals surface area contributed by atoms with Crippen LogP contribution in [-0.4, -0.2) is 89.1 Å². The smallest absolute Gasteiger partial charge is 0.306 e. The van der Waals surface area contributed by atoms with Crippen LogP contribution in [0.4, 0.5) is 5.69 Å². The number of β-amino-alcohol motifs (C(OH)–C–C–N with tert-alkyl or cyclic N) is 1. The molecule has 0 spiro atoms. The monoisotopic (exact) mass is 775 g/mol. The summed E-state index contributed by atoms with van der Waals surface area (Å²) in [5, 5.41) is 22.9. The molecule has 2 aromatic heterocycles. The highest BCUT2D eigenvalue weighted by molar-refractivity contribution is 6.39. The molecule has 1 saturated carbocycles. The zero-order valence-corrected chi connectivity index (χ0v) is 32.5. The zero-order valence-electron chi connectivity index (χ0n) is 30.9. The van der Waals surface area contributed by atoms with Gasteiger partial charge in [0.05, 0.1) is 39.1 Å². The number of carbonyl (C=O) groups is 3. The van der Waals surface area contributed by atoms with Gasteiger partial charge in [0, 0.05) is 95.1 Å². The van der Waals surface area contributed by atoms with Gasteiger partial charge in [-0.2, -0.15) is 0 Å². The largest absolute Gasteiger partial charge is 0.481 e. The number of halogens is 2. The number of benzene rings is 2. The summed E-state index contributed by atoms with van der Waals surface area (Å²) in [6, 6.07) is 10.9. The van der Waals surface area contributed by atoms with E-state index >= 15 is 0 Å². The molecule has 12 nitrogen and oxygen atoms in total. The maximum Gasteiger partial charge on any atom is 0.306 e. The predicted octanol–water partition coefficient (Wildman–Crippen LogP) is 5.79. The van der Waals surface area contributed by atoms with Gasteiger partial charge in [-0.25, -0.2) is 9.97 Å². The van der Waals surface area contributed by atoms with Gasteiger partial charge >= 0.3 is 5.97 Å². The number of hydrogen-bond acceptors (Lipinski definition) is 8. The number of hydrogen-bond donors (Lipinski definition) is 3. The SMILES string of the molecule is C[C@@H](O)CN1CCc2c(nc(C(=O)Cc3cccc(-c4cccc(NC(=O)c5nc6c(n5C)CCN(CC5CCC(C(=O)O)CC5)C6)c4Cl)c3Cl)n2C)C1. The van der Waals surface area contributed by atoms with Crippen molar-refractivity contribution in [1.29, 1.82) is 0 Å². The fraction of sp³-hybridized carbons (Fsp3) is 0.475. The van der Waals surface area contributed by atoms with Crippen LogP contribution >= 0.6 is 23.2 Å². The number of amides is 1. The van der Waals surface area contributed by atoms with Crippen molar-refractivity contribution < 1.29 is 24.6 Å². The number of nitrogens with one attached hydrogen (secondary N) is 1. The number of imidazole rings is 2. The number of ketones is 1. The molecule has 0 unspecified atom stereocenters. The van der Waals surface area contributed by atoms with E-state index < -0.39 is 12.1 Å². The molecule has 2 aliphatic heterocycles. The van der Waals surface area contributed by atoms with Crippen molar-refractivity contribution in [3.8, 4) is 11.1 Å². The lowest BCUT2D eigenvalue weighted by Crippen LogP contribution is -2.36. The van der Waals surface area contributed by atoms with E-state index in [1.807, 2.05) is 47.5 Å². The summed E-state index contributed by atoms with van der Waals surface area (Å²) >= 11 is 13.9. The number of aromatic nitrogens is 4. The van der Waals surface area contributed by atoms with E-state index in [-0.39, 0.29) is 24.0 Å². The number of carbonyl (C=O) groups excluding carboxylic acids is 2. The van der Waals surface area contributed by atoms with Gasteiger partial charge in [-0.1, -0.05) is 53.5 Å².